The van der Waals surface area contributed by atoms with Crippen LogP contribution in [0.15, 0.2) is 72.1 Å². The third-order valence-corrected chi connectivity index (χ3v) is 3.48. The van der Waals surface area contributed by atoms with Gasteiger partial charge in [-0.1, -0.05) is 43.3 Å². The zero-order chi connectivity index (χ0) is 16.2. The highest BCUT2D eigenvalue weighted by atomic mass is 16.5. The van der Waals surface area contributed by atoms with Crippen molar-refractivity contribution in [3.63, 3.8) is 0 Å². The maximum absolute atomic E-state index is 12.1. The Morgan fingerprint density at radius 3 is 2.57 bits per heavy atom. The summed E-state index contributed by atoms with van der Waals surface area (Å²) in [6.07, 6.45) is 2.51. The monoisotopic (exact) mass is 307 g/mol. The van der Waals surface area contributed by atoms with E-state index in [2.05, 4.69) is 5.32 Å². The predicted octanol–water partition coefficient (Wildman–Crippen LogP) is 4.17. The lowest BCUT2D eigenvalue weighted by molar-refractivity contribution is -0.114. The molecular weight excluding hydrogens is 290 g/mol. The van der Waals surface area contributed by atoms with Crippen LogP contribution < -0.4 is 10.1 Å². The highest BCUT2D eigenvalue weighted by Crippen LogP contribution is 2.30. The smallest absolute Gasteiger partial charge is 0.260 e. The number of nitrogens with one attached hydrogen (secondary N) is 1. The SMILES string of the molecule is CC/C=C1\NC(=O)C(c2cccc(Oc3ccccc3)c2)=C1O. The third kappa shape index (κ3) is 3.11. The van der Waals surface area contributed by atoms with Crippen molar-refractivity contribution < 1.29 is 14.6 Å². The average Bonchev–Trinajstić information content (AvgIpc) is 2.83. The van der Waals surface area contributed by atoms with Gasteiger partial charge < -0.3 is 15.2 Å². The van der Waals surface area contributed by atoms with Crippen molar-refractivity contribution >= 4 is 11.5 Å². The van der Waals surface area contributed by atoms with Crippen molar-refractivity contribution in [1.29, 1.82) is 0 Å². The summed E-state index contributed by atoms with van der Waals surface area (Å²) in [5.74, 6) is 0.993. The van der Waals surface area contributed by atoms with Crippen molar-refractivity contribution in [2.45, 2.75) is 13.3 Å². The van der Waals surface area contributed by atoms with Gasteiger partial charge in [0.15, 0.2) is 5.76 Å². The Kier molecular flexibility index (Phi) is 4.15. The van der Waals surface area contributed by atoms with Gasteiger partial charge in [0, 0.05) is 0 Å². The first-order valence-electron chi connectivity index (χ1n) is 7.47. The molecule has 2 aromatic carbocycles. The van der Waals surface area contributed by atoms with E-state index in [-0.39, 0.29) is 17.2 Å². The van der Waals surface area contributed by atoms with Crippen LogP contribution in [0.3, 0.4) is 0 Å². The molecule has 2 aromatic rings. The first-order chi connectivity index (χ1) is 11.2. The Hall–Kier alpha value is -3.01. The average molecular weight is 307 g/mol. The number of hydrogen-bond acceptors (Lipinski definition) is 3. The molecule has 0 spiro atoms. The molecule has 0 saturated carbocycles. The summed E-state index contributed by atoms with van der Waals surface area (Å²) >= 11 is 0. The van der Waals surface area contributed by atoms with Gasteiger partial charge in [0.2, 0.25) is 0 Å². The molecule has 0 aliphatic carbocycles. The molecule has 0 bridgehead atoms. The number of hydrogen-bond donors (Lipinski definition) is 2. The molecule has 4 heteroatoms. The number of carbonyl (C=O) groups excluding carboxylic acids is 1. The Labute approximate surface area is 134 Å². The zero-order valence-corrected chi connectivity index (χ0v) is 12.7. The quantitative estimate of drug-likeness (QED) is 0.891. The van der Waals surface area contributed by atoms with E-state index in [9.17, 15) is 9.90 Å². The summed E-state index contributed by atoms with van der Waals surface area (Å²) in [6.45, 7) is 1.94. The minimum Gasteiger partial charge on any atom is -0.505 e. The summed E-state index contributed by atoms with van der Waals surface area (Å²) < 4.78 is 5.77. The van der Waals surface area contributed by atoms with E-state index in [0.717, 1.165) is 6.42 Å². The largest absolute Gasteiger partial charge is 0.505 e. The lowest BCUT2D eigenvalue weighted by Crippen LogP contribution is -2.15. The molecule has 116 valence electrons. The Morgan fingerprint density at radius 2 is 1.83 bits per heavy atom. The second-order valence-electron chi connectivity index (χ2n) is 5.15. The van der Waals surface area contributed by atoms with Gasteiger partial charge in [-0.3, -0.25) is 4.79 Å². The van der Waals surface area contributed by atoms with Crippen molar-refractivity contribution in [3.8, 4) is 11.5 Å². The first-order valence-corrected chi connectivity index (χ1v) is 7.47. The molecule has 2 N–H and O–H groups in total. The fourth-order valence-corrected chi connectivity index (χ4v) is 2.45. The Balaban J connectivity index is 1.94. The van der Waals surface area contributed by atoms with Crippen molar-refractivity contribution in [2.24, 2.45) is 0 Å². The summed E-state index contributed by atoms with van der Waals surface area (Å²) in [7, 11) is 0. The molecule has 1 aliphatic heterocycles. The van der Waals surface area contributed by atoms with Gasteiger partial charge in [-0.2, -0.15) is 0 Å². The number of ether oxygens (including phenoxy) is 1. The number of benzene rings is 2. The van der Waals surface area contributed by atoms with Crippen LogP contribution in [0.2, 0.25) is 0 Å². The highest BCUT2D eigenvalue weighted by Gasteiger charge is 2.28. The van der Waals surface area contributed by atoms with Gasteiger partial charge >= 0.3 is 0 Å². The zero-order valence-electron chi connectivity index (χ0n) is 12.7. The van der Waals surface area contributed by atoms with E-state index in [1.807, 2.05) is 43.3 Å². The van der Waals surface area contributed by atoms with Crippen LogP contribution in [-0.4, -0.2) is 11.0 Å². The summed E-state index contributed by atoms with van der Waals surface area (Å²) in [5, 5.41) is 13.0. The predicted molar refractivity (Wildman–Crippen MR) is 89.0 cm³/mol. The minimum absolute atomic E-state index is 0.0197. The maximum Gasteiger partial charge on any atom is 0.260 e. The number of para-hydroxylation sites is 1. The molecular formula is C19H17NO3. The third-order valence-electron chi connectivity index (χ3n) is 3.48. The topological polar surface area (TPSA) is 58.6 Å². The van der Waals surface area contributed by atoms with E-state index in [1.54, 1.807) is 24.3 Å². The number of amides is 1. The molecule has 0 unspecified atom stereocenters. The summed E-state index contributed by atoms with van der Waals surface area (Å²) in [6, 6.07) is 16.5. The number of rotatable bonds is 4. The van der Waals surface area contributed by atoms with Crippen LogP contribution in [0, 0.1) is 0 Å². The van der Waals surface area contributed by atoms with Crippen molar-refractivity contribution in [3.05, 3.63) is 77.7 Å². The fourth-order valence-electron chi connectivity index (χ4n) is 2.45. The molecule has 1 aliphatic rings. The highest BCUT2D eigenvalue weighted by molar-refractivity contribution is 6.24. The maximum atomic E-state index is 12.1. The van der Waals surface area contributed by atoms with Crippen LogP contribution in [0.4, 0.5) is 0 Å². The normalized spacial score (nSPS) is 15.9. The number of aliphatic hydroxyl groups is 1. The lowest BCUT2D eigenvalue weighted by atomic mass is 10.0. The molecule has 0 aromatic heterocycles. The number of allylic oxidation sites excluding steroid dienone is 1. The molecule has 0 fully saturated rings. The first kappa shape index (κ1) is 14.9. The van der Waals surface area contributed by atoms with Gasteiger partial charge in [-0.25, -0.2) is 0 Å². The molecule has 1 amide bonds. The second-order valence-corrected chi connectivity index (χ2v) is 5.15. The van der Waals surface area contributed by atoms with Crippen LogP contribution in [-0.2, 0) is 4.79 Å². The second kappa shape index (κ2) is 6.40. The molecule has 0 radical (unpaired) electrons. The Bertz CT molecular complexity index is 791. The van der Waals surface area contributed by atoms with Crippen LogP contribution in [0.5, 0.6) is 11.5 Å². The summed E-state index contributed by atoms with van der Waals surface area (Å²) in [5.41, 5.74) is 1.35. The molecule has 1 heterocycles. The number of aliphatic hydroxyl groups excluding tert-OH is 1. The van der Waals surface area contributed by atoms with Crippen LogP contribution in [0.25, 0.3) is 5.57 Å². The van der Waals surface area contributed by atoms with E-state index in [0.29, 0.717) is 22.8 Å². The minimum atomic E-state index is -0.306. The summed E-state index contributed by atoms with van der Waals surface area (Å²) in [4.78, 5) is 12.1. The molecule has 4 nitrogen and oxygen atoms in total. The molecule has 3 rings (SSSR count). The van der Waals surface area contributed by atoms with Crippen molar-refractivity contribution in [1.82, 2.24) is 5.32 Å². The van der Waals surface area contributed by atoms with E-state index in [1.165, 1.54) is 0 Å². The van der Waals surface area contributed by atoms with Gasteiger partial charge in [0.25, 0.3) is 5.91 Å². The van der Waals surface area contributed by atoms with E-state index in [4.69, 9.17) is 4.74 Å². The fraction of sp³-hybridized carbons (Fsp3) is 0.105. The van der Waals surface area contributed by atoms with Gasteiger partial charge in [0.1, 0.15) is 11.5 Å². The van der Waals surface area contributed by atoms with E-state index >= 15 is 0 Å². The van der Waals surface area contributed by atoms with Crippen molar-refractivity contribution in [2.75, 3.05) is 0 Å². The van der Waals surface area contributed by atoms with Crippen LogP contribution >= 0.6 is 0 Å². The van der Waals surface area contributed by atoms with Gasteiger partial charge in [-0.05, 0) is 36.2 Å². The molecule has 0 atom stereocenters. The van der Waals surface area contributed by atoms with Gasteiger partial charge in [0.05, 0.1) is 11.3 Å². The molecule has 0 saturated heterocycles. The number of carbonyl (C=O) groups is 1. The van der Waals surface area contributed by atoms with E-state index < -0.39 is 0 Å². The standard InChI is InChI=1S/C19H17NO3/c1-2-7-16-18(21)17(19(22)20-16)13-8-6-11-15(12-13)23-14-9-4-3-5-10-14/h3-12,21H,2H2,1H3,(H,20,22)/b16-7-. The van der Waals surface area contributed by atoms with Crippen LogP contribution in [0.1, 0.15) is 18.9 Å². The molecule has 23 heavy (non-hydrogen) atoms. The lowest BCUT2D eigenvalue weighted by Gasteiger charge is -2.07. The Morgan fingerprint density at radius 1 is 1.09 bits per heavy atom. The van der Waals surface area contributed by atoms with Gasteiger partial charge in [-0.15, -0.1) is 0 Å².